The monoisotopic (exact) mass is 1530 g/mol. The molecule has 0 saturated carbocycles. The Kier molecular flexibility index (Phi) is 49.4. The molecule has 2 aliphatic heterocycles. The average Bonchev–Trinajstić information content (AvgIpc) is 1.56. The van der Waals surface area contributed by atoms with Gasteiger partial charge >= 0.3 is 0 Å². The van der Waals surface area contributed by atoms with Crippen LogP contribution in [0.2, 0.25) is 0 Å². The van der Waals surface area contributed by atoms with Crippen molar-refractivity contribution in [2.75, 3.05) is 13.7 Å². The van der Waals surface area contributed by atoms with Crippen LogP contribution in [0.25, 0.3) is 10.9 Å². The number of rotatable bonds is 5. The molecule has 0 spiro atoms. The Morgan fingerprint density at radius 3 is 0.855 bits per heavy atom. The Morgan fingerprint density at radius 1 is 0.323 bits per heavy atom. The van der Waals surface area contributed by atoms with Gasteiger partial charge < -0.3 is 14.5 Å². The Bertz CT molecular complexity index is 8370. The van der Waals surface area contributed by atoms with Crippen molar-refractivity contribution in [1.82, 2.24) is 9.88 Å². The first-order chi connectivity index (χ1) is 61.6. The number of methoxy groups -OCH3 is 1. The predicted molar refractivity (Wildman–Crippen MR) is 489 cm³/mol. The molecular weight excluding hydrogens is 1500 g/mol. The second-order valence-corrected chi connectivity index (χ2v) is 20.5. The molecule has 0 amide bonds. The van der Waals surface area contributed by atoms with Crippen LogP contribution in [0.3, 0.4) is 0 Å². The summed E-state index contributed by atoms with van der Waals surface area (Å²) in [4.78, 5) is 6.32. The summed E-state index contributed by atoms with van der Waals surface area (Å²) in [5, 5.41) is 1.39. The van der Waals surface area contributed by atoms with Gasteiger partial charge in [-0.15, -0.1) is 6.42 Å². The van der Waals surface area contributed by atoms with E-state index >= 15 is 0 Å². The van der Waals surface area contributed by atoms with Gasteiger partial charge in [-0.25, -0.2) is 0 Å². The van der Waals surface area contributed by atoms with Crippen molar-refractivity contribution in [1.29, 1.82) is 0 Å². The van der Waals surface area contributed by atoms with Crippen LogP contribution in [0.15, 0.2) is 60.7 Å². The third-order valence-electron chi connectivity index (χ3n) is 12.9. The van der Waals surface area contributed by atoms with Crippen molar-refractivity contribution in [2.24, 2.45) is 0 Å². The predicted octanol–water partition coefficient (Wildman–Crippen LogP) is 6.76. The first kappa shape index (κ1) is 91.6. The minimum Gasteiger partial charge on any atom is -0.493 e. The minimum absolute atomic E-state index is 0.377. The summed E-state index contributed by atoms with van der Waals surface area (Å²) >= 11 is 0. The molecule has 3 aromatic carbocycles. The number of nitrogens with one attached hydrogen (secondary N) is 1. The second-order valence-electron chi connectivity index (χ2n) is 20.5. The third-order valence-corrected chi connectivity index (χ3v) is 12.9. The van der Waals surface area contributed by atoms with E-state index in [9.17, 15) is 0 Å². The van der Waals surface area contributed by atoms with Crippen LogP contribution in [0.1, 0.15) is 53.4 Å². The molecule has 1 aromatic heterocycles. The van der Waals surface area contributed by atoms with Crippen molar-refractivity contribution < 1.29 is 9.47 Å². The van der Waals surface area contributed by atoms with Crippen LogP contribution < -0.4 is 9.47 Å². The molecule has 4 heteroatoms. The number of benzene rings is 3. The van der Waals surface area contributed by atoms with E-state index < -0.39 is 0 Å². The van der Waals surface area contributed by atoms with Crippen LogP contribution in [-0.4, -0.2) is 23.5 Å². The molecule has 1 unspecified atom stereocenters. The summed E-state index contributed by atoms with van der Waals surface area (Å²) < 4.78 is 12.0. The topological polar surface area (TPSA) is 37.5 Å². The lowest BCUT2D eigenvalue weighted by Gasteiger charge is -2.40. The van der Waals surface area contributed by atoms with Crippen LogP contribution in [0.5, 0.6) is 11.5 Å². The molecule has 0 radical (unpaired) electrons. The molecule has 1 atom stereocenters. The third kappa shape index (κ3) is 45.8. The molecule has 6 rings (SSSR count). The molecule has 0 bridgehead atoms. The van der Waals surface area contributed by atoms with Gasteiger partial charge in [0.25, 0.3) is 0 Å². The highest BCUT2D eigenvalue weighted by Crippen LogP contribution is 2.44. The molecule has 0 saturated heterocycles. The highest BCUT2D eigenvalue weighted by atomic mass is 16.5. The largest absolute Gasteiger partial charge is 0.493 e. The van der Waals surface area contributed by atoms with E-state index in [4.69, 9.17) is 15.9 Å². The zero-order valence-corrected chi connectivity index (χ0v) is 65.4. The zero-order chi connectivity index (χ0) is 87.3. The van der Waals surface area contributed by atoms with Crippen molar-refractivity contribution in [2.45, 2.75) is 52.3 Å². The van der Waals surface area contributed by atoms with Crippen molar-refractivity contribution >= 4 is 10.9 Å². The summed E-state index contributed by atoms with van der Waals surface area (Å²) in [5.74, 6) is 224. The number of ether oxygens (including phenoxy) is 2. The van der Waals surface area contributed by atoms with Crippen LogP contribution in [0.4, 0.5) is 0 Å². The van der Waals surface area contributed by atoms with Crippen LogP contribution in [0, 0.1) is 533 Å². The Labute approximate surface area is 730 Å². The molecule has 4 aromatic rings. The van der Waals surface area contributed by atoms with E-state index in [2.05, 4.69) is 586 Å². The van der Waals surface area contributed by atoms with Gasteiger partial charge in [-0.1, -0.05) is 49.2 Å². The van der Waals surface area contributed by atoms with Gasteiger partial charge in [-0.3, -0.25) is 4.90 Å². The zero-order valence-electron chi connectivity index (χ0n) is 65.4. The van der Waals surface area contributed by atoms with E-state index in [1.165, 1.54) is 38.9 Å². The van der Waals surface area contributed by atoms with E-state index in [1.807, 2.05) is 18.2 Å². The summed E-state index contributed by atoms with van der Waals surface area (Å²) in [6.45, 7) is 6.50. The van der Waals surface area contributed by atoms with Gasteiger partial charge in [0.2, 0.25) is 0 Å². The van der Waals surface area contributed by atoms with Gasteiger partial charge in [-0.2, -0.15) is 0 Å². The molecule has 1 N–H and O–H groups in total. The Balaban J connectivity index is 0.000000671. The molecular formula is C120H34N2O2. The fraction of sp³-hybridized carbons (Fsp3) is 0.0833. The standard InChI is InChI=1S/C91H4.C29H30N2O2/c1-3-5-7-9-11-13-15-17-19-21-23-25-27-29-31-33-35-37-39-41-43-45-47-49-51-53-55-57-59-61-63-65-67-69-71-73-75-77-79-81-83-85-87-89-91-90-88-86-84-82-80-78-76-74-72-70-68-66-64-62-60-58-56-54-52-50-48-46-44-42-40-38-36-34-32-30-28-26-24-22-20-18-16-14-12-10-8-6-4-2;1-3-19-9-10-25-23(13-19)24-15-27-22-16-28(32-2)29(33-18-20-7-5-4-6-8-20)14-21(22)11-12-31(27)17-26(24)30-25/h1H,2H3;4-10,13-14,16,27,30H,3,11-12,15,17-18H2,1-2H3. The lowest BCUT2D eigenvalue weighted by atomic mass is 9.85. The number of terminal acetylenes is 1. The number of nitrogens with zero attached hydrogens (tertiary/aromatic N) is 1. The minimum atomic E-state index is 0.377. The lowest BCUT2D eigenvalue weighted by Crippen LogP contribution is -2.39. The Hall–Kier alpha value is -23.0. The number of aromatic amines is 1. The maximum Gasteiger partial charge on any atom is 0.161 e. The molecule has 124 heavy (non-hydrogen) atoms. The highest BCUT2D eigenvalue weighted by Gasteiger charge is 2.35. The van der Waals surface area contributed by atoms with E-state index in [-0.39, 0.29) is 0 Å². The molecule has 4 nitrogen and oxygen atoms in total. The van der Waals surface area contributed by atoms with E-state index in [0.29, 0.717) is 12.6 Å². The van der Waals surface area contributed by atoms with Gasteiger partial charge in [0.05, 0.1) is 7.11 Å². The summed E-state index contributed by atoms with van der Waals surface area (Å²) in [6, 6.07) is 22.0. The number of hydrogen-bond donors (Lipinski definition) is 1. The summed E-state index contributed by atoms with van der Waals surface area (Å²) in [5.41, 5.74) is 9.46. The number of aromatic nitrogens is 1. The number of hydrogen-bond acceptors (Lipinski definition) is 3. The molecule has 536 valence electrons. The first-order valence-electron chi connectivity index (χ1n) is 34.8. The van der Waals surface area contributed by atoms with Crippen molar-refractivity contribution in [3.63, 3.8) is 0 Å². The normalized spacial score (nSPS) is 7.52. The molecule has 2 aliphatic rings. The summed E-state index contributed by atoms with van der Waals surface area (Å²) in [6.07, 6.45) is 8.08. The fourth-order valence-corrected chi connectivity index (χ4v) is 8.29. The smallest absolute Gasteiger partial charge is 0.161 e. The maximum atomic E-state index is 6.20. The number of fused-ring (bicyclic) bond motifs is 6. The molecule has 3 heterocycles. The second kappa shape index (κ2) is 66.9. The van der Waals surface area contributed by atoms with E-state index in [1.54, 1.807) is 14.0 Å². The fourth-order valence-electron chi connectivity index (χ4n) is 8.29. The first-order valence-corrected chi connectivity index (χ1v) is 34.8. The van der Waals surface area contributed by atoms with Crippen LogP contribution >= 0.6 is 0 Å². The molecule has 0 aliphatic carbocycles. The summed E-state index contributed by atoms with van der Waals surface area (Å²) in [7, 11) is 1.74. The van der Waals surface area contributed by atoms with Gasteiger partial charge in [0.1, 0.15) is 6.61 Å². The van der Waals surface area contributed by atoms with E-state index in [0.717, 1.165) is 49.4 Å². The SMILES string of the molecule is C#CC#CC#CC#CC#CC#CC#CC#CC#CC#CC#CC#CC#CC#CC#CC#CC#CC#CC#CC#CC#CC#CC#CC#CC#CC#CC#CC#CC#CC#CC#CC#CC#CC#CC#CC#CC#CC#CC#CC#CC#CC#CC#CC#CC#CC.CCc1ccc2[nH]c3c(c2c1)CC1c2cc(OC)c(OCc4ccccc4)cc2CCN1C3. The average molecular weight is 1540 g/mol. The molecule has 0 fully saturated rings. The maximum absolute atomic E-state index is 6.20. The van der Waals surface area contributed by atoms with Gasteiger partial charge in [0, 0.05) is 462 Å². The number of H-pyrrole nitrogens is 1. The lowest BCUT2D eigenvalue weighted by molar-refractivity contribution is 0.158. The van der Waals surface area contributed by atoms with Gasteiger partial charge in [0.15, 0.2) is 11.5 Å². The van der Waals surface area contributed by atoms with Crippen LogP contribution in [-0.2, 0) is 32.4 Å². The van der Waals surface area contributed by atoms with Crippen molar-refractivity contribution in [3.8, 4) is 545 Å². The highest BCUT2D eigenvalue weighted by molar-refractivity contribution is 5.86. The Morgan fingerprint density at radius 2 is 0.597 bits per heavy atom. The quantitative estimate of drug-likeness (QED) is 0.225. The number of aryl methyl sites for hydroxylation is 1. The van der Waals surface area contributed by atoms with Gasteiger partial charge in [-0.05, 0) is 173 Å². The van der Waals surface area contributed by atoms with Crippen molar-refractivity contribution in [3.05, 3.63) is 94.2 Å².